The number of benzene rings is 1. The van der Waals surface area contributed by atoms with Crippen LogP contribution in [-0.2, 0) is 35.6 Å². The second kappa shape index (κ2) is 10.7. The zero-order chi connectivity index (χ0) is 25.9. The number of nitrogens with one attached hydrogen (secondary N) is 1. The maximum atomic E-state index is 13.0. The van der Waals surface area contributed by atoms with E-state index in [0.717, 1.165) is 6.26 Å². The quantitative estimate of drug-likeness (QED) is 0.137. The van der Waals surface area contributed by atoms with E-state index in [0.29, 0.717) is 29.2 Å². The molecule has 2 N–H and O–H groups in total. The summed E-state index contributed by atoms with van der Waals surface area (Å²) in [6.07, 6.45) is 0.906. The molecule has 12 nitrogen and oxygen atoms in total. The van der Waals surface area contributed by atoms with Gasteiger partial charge in [-0.15, -0.1) is 11.8 Å². The first-order chi connectivity index (χ1) is 16.4. The third-order valence-corrected chi connectivity index (χ3v) is 7.96. The molecule has 2 aliphatic rings. The molecule has 35 heavy (non-hydrogen) atoms. The third-order valence-electron chi connectivity index (χ3n) is 5.66. The van der Waals surface area contributed by atoms with Crippen LogP contribution in [0, 0.1) is 16.0 Å². The number of esters is 1. The number of hydrogen-bond donors (Lipinski definition) is 2. The molecule has 2 heterocycles. The maximum absolute atomic E-state index is 13.0. The Balaban J connectivity index is 1.72. The van der Waals surface area contributed by atoms with Gasteiger partial charge in [0.25, 0.3) is 5.69 Å². The number of nitrogens with zero attached hydrogens (tertiary/aromatic N) is 2. The first-order valence-corrected chi connectivity index (χ1v) is 13.5. The smallest absolute Gasteiger partial charge is 0.356 e. The Hall–Kier alpha value is -2.97. The number of carbonyl (C=O) groups is 3. The maximum Gasteiger partial charge on any atom is 0.356 e. The molecule has 2 amide bonds. The van der Waals surface area contributed by atoms with E-state index in [1.54, 1.807) is 0 Å². The number of non-ortho nitro benzene ring substituents is 1. The number of fused-ring (bicyclic) bond motifs is 1. The van der Waals surface area contributed by atoms with E-state index in [4.69, 9.17) is 4.74 Å². The standard InChI is InChI=1S/C21H25N3O9S2/c1-12(25)22-7-8-34-17-10-16-15(9-18(26)35(2,31)32)20(27)23(16)19(17)21(28)33-11-13-3-5-14(6-4-13)24(29)30/h3-6,15-16,18,26H,7-11H2,1-2H3,(H,22,25). The number of rotatable bonds is 11. The number of sulfone groups is 1. The molecule has 190 valence electrons. The van der Waals surface area contributed by atoms with Crippen LogP contribution in [0.25, 0.3) is 0 Å². The van der Waals surface area contributed by atoms with Gasteiger partial charge < -0.3 is 20.1 Å². The van der Waals surface area contributed by atoms with Crippen molar-refractivity contribution in [3.05, 3.63) is 50.5 Å². The second-order valence-electron chi connectivity index (χ2n) is 8.21. The minimum atomic E-state index is -3.75. The van der Waals surface area contributed by atoms with Crippen molar-refractivity contribution < 1.29 is 37.6 Å². The van der Waals surface area contributed by atoms with Crippen LogP contribution in [0.4, 0.5) is 5.69 Å². The normalized spacial score (nSPS) is 20.2. The topological polar surface area (TPSA) is 173 Å². The van der Waals surface area contributed by atoms with Crippen LogP contribution in [0.1, 0.15) is 25.3 Å². The molecular formula is C21H25N3O9S2. The number of β-lactam (4-membered cyclic amide) rings is 1. The number of nitro benzene ring substituents is 1. The van der Waals surface area contributed by atoms with Crippen LogP contribution < -0.4 is 5.32 Å². The number of hydrogen-bond acceptors (Lipinski definition) is 10. The summed E-state index contributed by atoms with van der Waals surface area (Å²) in [5.41, 5.74) is -1.22. The van der Waals surface area contributed by atoms with Crippen LogP contribution in [0.2, 0.25) is 0 Å². The number of aliphatic hydroxyl groups excluding tert-OH is 1. The first-order valence-electron chi connectivity index (χ1n) is 10.6. The highest BCUT2D eigenvalue weighted by molar-refractivity contribution is 8.03. The van der Waals surface area contributed by atoms with Crippen molar-refractivity contribution in [1.29, 1.82) is 0 Å². The molecular weight excluding hydrogens is 502 g/mol. The molecule has 0 aliphatic carbocycles. The lowest BCUT2D eigenvalue weighted by molar-refractivity contribution is -0.384. The molecule has 14 heteroatoms. The number of nitro groups is 1. The number of carbonyl (C=O) groups excluding carboxylic acids is 3. The minimum absolute atomic E-state index is 0.0554. The fourth-order valence-corrected chi connectivity index (χ4v) is 5.47. The molecule has 0 spiro atoms. The van der Waals surface area contributed by atoms with Gasteiger partial charge in [0.15, 0.2) is 15.3 Å². The van der Waals surface area contributed by atoms with Gasteiger partial charge in [-0.3, -0.25) is 19.7 Å². The van der Waals surface area contributed by atoms with Gasteiger partial charge >= 0.3 is 5.97 Å². The van der Waals surface area contributed by atoms with Crippen molar-refractivity contribution >= 4 is 45.1 Å². The predicted molar refractivity (Wildman–Crippen MR) is 125 cm³/mol. The van der Waals surface area contributed by atoms with E-state index in [9.17, 15) is 38.0 Å². The predicted octanol–water partition coefficient (Wildman–Crippen LogP) is 0.703. The lowest BCUT2D eigenvalue weighted by Crippen LogP contribution is -2.59. The average molecular weight is 528 g/mol. The molecule has 0 aromatic heterocycles. The Morgan fingerprint density at radius 2 is 2.00 bits per heavy atom. The number of amides is 2. The largest absolute Gasteiger partial charge is 0.456 e. The molecule has 1 fully saturated rings. The highest BCUT2D eigenvalue weighted by Crippen LogP contribution is 2.47. The van der Waals surface area contributed by atoms with Gasteiger partial charge in [0.2, 0.25) is 11.8 Å². The van der Waals surface area contributed by atoms with Crippen molar-refractivity contribution in [3.63, 3.8) is 0 Å². The van der Waals surface area contributed by atoms with Crippen molar-refractivity contribution in [2.24, 2.45) is 5.92 Å². The molecule has 1 aromatic rings. The van der Waals surface area contributed by atoms with Crippen LogP contribution in [-0.4, -0.2) is 71.2 Å². The highest BCUT2D eigenvalue weighted by atomic mass is 32.2. The molecule has 3 atom stereocenters. The number of thioether (sulfide) groups is 1. The van der Waals surface area contributed by atoms with Crippen molar-refractivity contribution in [3.8, 4) is 0 Å². The summed E-state index contributed by atoms with van der Waals surface area (Å²) >= 11 is 1.28. The van der Waals surface area contributed by atoms with Crippen LogP contribution in [0.3, 0.4) is 0 Å². The summed E-state index contributed by atoms with van der Waals surface area (Å²) in [5.74, 6) is -1.77. The van der Waals surface area contributed by atoms with Crippen LogP contribution >= 0.6 is 11.8 Å². The van der Waals surface area contributed by atoms with E-state index < -0.39 is 44.0 Å². The van der Waals surface area contributed by atoms with Gasteiger partial charge in [0.05, 0.1) is 16.9 Å². The summed E-state index contributed by atoms with van der Waals surface area (Å²) in [5, 5.41) is 23.4. The zero-order valence-electron chi connectivity index (χ0n) is 19.0. The number of ether oxygens (including phenoxy) is 1. The number of aliphatic hydroxyl groups is 1. The van der Waals surface area contributed by atoms with Crippen LogP contribution in [0.15, 0.2) is 34.9 Å². The summed E-state index contributed by atoms with van der Waals surface area (Å²) in [6, 6.07) is 5.00. The summed E-state index contributed by atoms with van der Waals surface area (Å²) < 4.78 is 28.6. The Bertz CT molecular complexity index is 1160. The van der Waals surface area contributed by atoms with Gasteiger partial charge in [-0.05, 0) is 17.7 Å². The second-order valence-corrected chi connectivity index (χ2v) is 11.6. The SMILES string of the molecule is CC(=O)NCCSC1=C(C(=O)OCc2ccc([N+](=O)[O-])cc2)N2C(=O)C(CC(O)S(C)(=O)=O)C2C1. The molecule has 0 bridgehead atoms. The molecule has 3 unspecified atom stereocenters. The lowest BCUT2D eigenvalue weighted by Gasteiger charge is -2.44. The van der Waals surface area contributed by atoms with E-state index in [2.05, 4.69) is 5.32 Å². The molecule has 1 saturated heterocycles. The summed E-state index contributed by atoms with van der Waals surface area (Å²) in [6.45, 7) is 1.54. The van der Waals surface area contributed by atoms with Gasteiger partial charge in [0.1, 0.15) is 12.3 Å². The monoisotopic (exact) mass is 527 g/mol. The lowest BCUT2D eigenvalue weighted by atomic mass is 9.85. The van der Waals surface area contributed by atoms with Crippen molar-refractivity contribution in [2.45, 2.75) is 37.9 Å². The first kappa shape index (κ1) is 26.6. The van der Waals surface area contributed by atoms with Gasteiger partial charge in [0, 0.05) is 55.4 Å². The third kappa shape index (κ3) is 6.18. The summed E-state index contributed by atoms with van der Waals surface area (Å²) in [4.78, 5) is 49.0. The summed E-state index contributed by atoms with van der Waals surface area (Å²) in [7, 11) is -3.75. The van der Waals surface area contributed by atoms with Gasteiger partial charge in [-0.1, -0.05) is 0 Å². The molecule has 3 rings (SSSR count). The zero-order valence-corrected chi connectivity index (χ0v) is 20.6. The molecule has 0 radical (unpaired) electrons. The van der Waals surface area contributed by atoms with Gasteiger partial charge in [-0.25, -0.2) is 13.2 Å². The molecule has 1 aromatic carbocycles. The molecule has 2 aliphatic heterocycles. The van der Waals surface area contributed by atoms with Gasteiger partial charge in [-0.2, -0.15) is 0 Å². The van der Waals surface area contributed by atoms with Crippen LogP contribution in [0.5, 0.6) is 0 Å². The van der Waals surface area contributed by atoms with Crippen molar-refractivity contribution in [1.82, 2.24) is 10.2 Å². The Morgan fingerprint density at radius 3 is 2.57 bits per heavy atom. The van der Waals surface area contributed by atoms with E-state index in [-0.39, 0.29) is 30.3 Å². The Labute approximate surface area is 205 Å². The van der Waals surface area contributed by atoms with E-state index >= 15 is 0 Å². The fourth-order valence-electron chi connectivity index (χ4n) is 3.86. The fraction of sp³-hybridized carbons (Fsp3) is 0.476. The van der Waals surface area contributed by atoms with Crippen molar-refractivity contribution in [2.75, 3.05) is 18.6 Å². The Kier molecular flexibility index (Phi) is 8.18. The Morgan fingerprint density at radius 1 is 1.34 bits per heavy atom. The van der Waals surface area contributed by atoms with E-state index in [1.807, 2.05) is 0 Å². The molecule has 0 saturated carbocycles. The average Bonchev–Trinajstić information content (AvgIpc) is 3.13. The van der Waals surface area contributed by atoms with E-state index in [1.165, 1.54) is 47.9 Å². The highest BCUT2D eigenvalue weighted by Gasteiger charge is 2.56. The minimum Gasteiger partial charge on any atom is -0.456 e.